The number of aromatic nitrogens is 1. The molecule has 33 heavy (non-hydrogen) atoms. The number of rotatable bonds is 5. The maximum absolute atomic E-state index is 13.5. The summed E-state index contributed by atoms with van der Waals surface area (Å²) in [5, 5.41) is 18.2. The molecule has 0 radical (unpaired) electrons. The van der Waals surface area contributed by atoms with Crippen molar-refractivity contribution in [2.45, 2.75) is 0 Å². The van der Waals surface area contributed by atoms with Crippen LogP contribution in [0.3, 0.4) is 0 Å². The lowest BCUT2D eigenvalue weighted by Gasteiger charge is -2.10. The third-order valence-corrected chi connectivity index (χ3v) is 5.35. The van der Waals surface area contributed by atoms with E-state index in [1.54, 1.807) is 30.5 Å². The first-order valence-corrected chi connectivity index (χ1v) is 10.2. The van der Waals surface area contributed by atoms with Gasteiger partial charge in [0.1, 0.15) is 5.82 Å². The van der Waals surface area contributed by atoms with E-state index in [9.17, 15) is 14.5 Å². The molecule has 5 rings (SSSR count). The van der Waals surface area contributed by atoms with Crippen molar-refractivity contribution in [3.63, 3.8) is 0 Å². The van der Waals surface area contributed by atoms with Crippen LogP contribution in [0.2, 0.25) is 0 Å². The zero-order valence-corrected chi connectivity index (χ0v) is 17.3. The molecule has 0 unspecified atom stereocenters. The molecule has 0 atom stereocenters. The fourth-order valence-electron chi connectivity index (χ4n) is 3.70. The predicted molar refractivity (Wildman–Crippen MR) is 129 cm³/mol. The molecule has 0 saturated heterocycles. The number of benzene rings is 4. The summed E-state index contributed by atoms with van der Waals surface area (Å²) in [6.07, 6.45) is 1.69. The van der Waals surface area contributed by atoms with Gasteiger partial charge in [-0.15, -0.1) is 0 Å². The molecule has 0 saturated carbocycles. The molecule has 0 aliphatic heterocycles. The summed E-state index contributed by atoms with van der Waals surface area (Å²) in [7, 11) is 0. The van der Waals surface area contributed by atoms with E-state index in [0.717, 1.165) is 32.8 Å². The molecule has 0 spiro atoms. The van der Waals surface area contributed by atoms with E-state index >= 15 is 0 Å². The van der Waals surface area contributed by atoms with Crippen LogP contribution < -0.4 is 5.43 Å². The second kappa shape index (κ2) is 8.47. The van der Waals surface area contributed by atoms with Crippen molar-refractivity contribution in [1.82, 2.24) is 4.98 Å². The van der Waals surface area contributed by atoms with Crippen molar-refractivity contribution < 1.29 is 9.31 Å². The van der Waals surface area contributed by atoms with Crippen LogP contribution in [0.1, 0.15) is 5.56 Å². The highest BCUT2D eigenvalue weighted by Gasteiger charge is 2.10. The van der Waals surface area contributed by atoms with E-state index in [1.165, 1.54) is 24.3 Å². The second-order valence-electron chi connectivity index (χ2n) is 7.46. The molecular formula is C26H17FN4O2. The monoisotopic (exact) mass is 436 g/mol. The van der Waals surface area contributed by atoms with Crippen molar-refractivity contribution >= 4 is 39.3 Å². The number of non-ortho nitro benzene ring substituents is 1. The number of nitrogens with one attached hydrogen (secondary N) is 1. The van der Waals surface area contributed by atoms with Crippen LogP contribution in [0.25, 0.3) is 32.9 Å². The number of anilines is 1. The highest BCUT2D eigenvalue weighted by Crippen LogP contribution is 2.29. The third kappa shape index (κ3) is 4.12. The predicted octanol–water partition coefficient (Wildman–Crippen LogP) is 6.55. The molecule has 1 aromatic heterocycles. The standard InChI is InChI=1S/C26H17FN4O2/c27-20-8-5-18(6-9-20)25-15-19(16-28-30-21-10-12-22(13-11-21)31(32)33)24-14-7-17-3-1-2-4-23(17)26(24)29-25/h1-16,30H. The third-order valence-electron chi connectivity index (χ3n) is 5.35. The van der Waals surface area contributed by atoms with Crippen LogP contribution >= 0.6 is 0 Å². The fraction of sp³-hybridized carbons (Fsp3) is 0. The van der Waals surface area contributed by atoms with Crippen LogP contribution in [0, 0.1) is 15.9 Å². The number of fused-ring (bicyclic) bond motifs is 3. The highest BCUT2D eigenvalue weighted by molar-refractivity contribution is 6.11. The van der Waals surface area contributed by atoms with E-state index in [0.29, 0.717) is 11.4 Å². The number of halogens is 1. The van der Waals surface area contributed by atoms with Gasteiger partial charge in [0.05, 0.1) is 28.0 Å². The summed E-state index contributed by atoms with van der Waals surface area (Å²) in [6, 6.07) is 26.2. The van der Waals surface area contributed by atoms with Crippen LogP contribution in [0.15, 0.2) is 96.1 Å². The lowest BCUT2D eigenvalue weighted by Crippen LogP contribution is -1.96. The molecule has 0 fully saturated rings. The average molecular weight is 436 g/mol. The van der Waals surface area contributed by atoms with Gasteiger partial charge in [-0.05, 0) is 47.9 Å². The Bertz CT molecular complexity index is 1510. The minimum absolute atomic E-state index is 0.0143. The van der Waals surface area contributed by atoms with Gasteiger partial charge in [-0.1, -0.05) is 36.4 Å². The number of nitro groups is 1. The molecule has 4 aromatic carbocycles. The molecule has 0 aliphatic carbocycles. The molecule has 0 aliphatic rings. The van der Waals surface area contributed by atoms with E-state index in [-0.39, 0.29) is 11.5 Å². The van der Waals surface area contributed by atoms with Gasteiger partial charge in [0.2, 0.25) is 0 Å². The molecule has 160 valence electrons. The maximum Gasteiger partial charge on any atom is 0.269 e. The van der Waals surface area contributed by atoms with Crippen molar-refractivity contribution in [2.24, 2.45) is 5.10 Å². The van der Waals surface area contributed by atoms with Crippen molar-refractivity contribution in [3.8, 4) is 11.3 Å². The quantitative estimate of drug-likeness (QED) is 0.147. The van der Waals surface area contributed by atoms with Crippen LogP contribution in [-0.2, 0) is 0 Å². The molecule has 6 nitrogen and oxygen atoms in total. The minimum atomic E-state index is -0.447. The summed E-state index contributed by atoms with van der Waals surface area (Å²) in [5.74, 6) is -0.306. The normalized spacial score (nSPS) is 11.3. The Morgan fingerprint density at radius 3 is 2.42 bits per heavy atom. The lowest BCUT2D eigenvalue weighted by atomic mass is 10.0. The molecule has 1 heterocycles. The van der Waals surface area contributed by atoms with Crippen molar-refractivity contribution in [2.75, 3.05) is 5.43 Å². The Kier molecular flexibility index (Phi) is 5.20. The van der Waals surface area contributed by atoms with Crippen LogP contribution in [0.4, 0.5) is 15.8 Å². The molecular weight excluding hydrogens is 419 g/mol. The van der Waals surface area contributed by atoms with Gasteiger partial charge in [-0.3, -0.25) is 15.5 Å². The zero-order chi connectivity index (χ0) is 22.8. The van der Waals surface area contributed by atoms with Crippen LogP contribution in [-0.4, -0.2) is 16.1 Å². The van der Waals surface area contributed by atoms with Gasteiger partial charge in [-0.2, -0.15) is 5.10 Å². The Morgan fingerprint density at radius 1 is 0.909 bits per heavy atom. The number of nitro benzene ring substituents is 1. The smallest absolute Gasteiger partial charge is 0.269 e. The number of hydrazone groups is 1. The Balaban J connectivity index is 1.58. The lowest BCUT2D eigenvalue weighted by molar-refractivity contribution is -0.384. The summed E-state index contributed by atoms with van der Waals surface area (Å²) in [4.78, 5) is 15.3. The van der Waals surface area contributed by atoms with Gasteiger partial charge in [0.15, 0.2) is 0 Å². The Labute approximate surface area is 188 Å². The Hall–Kier alpha value is -4.65. The van der Waals surface area contributed by atoms with E-state index in [1.807, 2.05) is 42.5 Å². The first kappa shape index (κ1) is 20.3. The molecule has 7 heteroatoms. The number of hydrogen-bond acceptors (Lipinski definition) is 5. The summed E-state index contributed by atoms with van der Waals surface area (Å²) >= 11 is 0. The summed E-state index contributed by atoms with van der Waals surface area (Å²) in [5.41, 5.74) is 6.70. The maximum atomic E-state index is 13.5. The first-order chi connectivity index (χ1) is 16.1. The topological polar surface area (TPSA) is 80.4 Å². The number of pyridine rings is 1. The van der Waals surface area contributed by atoms with E-state index in [2.05, 4.69) is 10.5 Å². The largest absolute Gasteiger partial charge is 0.278 e. The number of nitrogens with zero attached hydrogens (tertiary/aromatic N) is 3. The summed E-state index contributed by atoms with van der Waals surface area (Å²) in [6.45, 7) is 0. The minimum Gasteiger partial charge on any atom is -0.278 e. The van der Waals surface area contributed by atoms with E-state index in [4.69, 9.17) is 4.98 Å². The number of hydrogen-bond donors (Lipinski definition) is 1. The van der Waals surface area contributed by atoms with Gasteiger partial charge < -0.3 is 0 Å². The first-order valence-electron chi connectivity index (χ1n) is 10.2. The van der Waals surface area contributed by atoms with Crippen LogP contribution in [0.5, 0.6) is 0 Å². The van der Waals surface area contributed by atoms with E-state index < -0.39 is 4.92 Å². The van der Waals surface area contributed by atoms with Crippen molar-refractivity contribution in [3.05, 3.63) is 112 Å². The zero-order valence-electron chi connectivity index (χ0n) is 17.3. The summed E-state index contributed by atoms with van der Waals surface area (Å²) < 4.78 is 13.5. The Morgan fingerprint density at radius 2 is 1.67 bits per heavy atom. The SMILES string of the molecule is O=[N+]([O-])c1ccc(NN=Cc2cc(-c3ccc(F)cc3)nc3c2ccc2ccccc23)cc1. The fourth-order valence-corrected chi connectivity index (χ4v) is 3.70. The average Bonchev–Trinajstić information content (AvgIpc) is 2.84. The van der Waals surface area contributed by atoms with Gasteiger partial charge in [0, 0.05) is 34.0 Å². The van der Waals surface area contributed by atoms with Crippen molar-refractivity contribution in [1.29, 1.82) is 0 Å². The second-order valence-corrected chi connectivity index (χ2v) is 7.46. The molecule has 0 bridgehead atoms. The molecule has 1 N–H and O–H groups in total. The van der Waals surface area contributed by atoms with Gasteiger partial charge >= 0.3 is 0 Å². The molecule has 5 aromatic rings. The van der Waals surface area contributed by atoms with Gasteiger partial charge in [-0.25, -0.2) is 9.37 Å². The molecule has 0 amide bonds. The highest BCUT2D eigenvalue weighted by atomic mass is 19.1. The van der Waals surface area contributed by atoms with Gasteiger partial charge in [0.25, 0.3) is 5.69 Å².